The van der Waals surface area contributed by atoms with Gasteiger partial charge < -0.3 is 15.4 Å². The van der Waals surface area contributed by atoms with E-state index in [2.05, 4.69) is 15.4 Å². The van der Waals surface area contributed by atoms with E-state index in [0.717, 1.165) is 11.3 Å². The number of hydrogen-bond acceptors (Lipinski definition) is 4. The monoisotopic (exact) mass is 370 g/mol. The van der Waals surface area contributed by atoms with Crippen molar-refractivity contribution in [1.29, 1.82) is 0 Å². The lowest BCUT2D eigenvalue weighted by Crippen LogP contribution is -2.23. The zero-order chi connectivity index (χ0) is 18.2. The summed E-state index contributed by atoms with van der Waals surface area (Å²) < 4.78 is 42.2. The van der Waals surface area contributed by atoms with E-state index in [0.29, 0.717) is 24.0 Å². The fraction of sp³-hybridized carbons (Fsp3) is 0.235. The van der Waals surface area contributed by atoms with E-state index < -0.39 is 12.5 Å². The number of rotatable bonds is 4. The zero-order valence-electron chi connectivity index (χ0n) is 13.1. The smallest absolute Gasteiger partial charge is 0.405 e. The van der Waals surface area contributed by atoms with Gasteiger partial charge >= 0.3 is 6.36 Å². The van der Waals surface area contributed by atoms with Crippen LogP contribution in [-0.4, -0.2) is 18.8 Å². The molecular formula is C17H14ClF3N2O2. The molecule has 1 heterocycles. The molecule has 4 nitrogen and oxygen atoms in total. The standard InChI is InChI=1S/C17H14ClF3N2O2/c1-2-9-6-10(7-12-16(9)23-14(8-24)22-12)15-11(18)4-3-5-13(15)25-17(19,20)21/h3-8,14,22-23H,2H2,1H3. The van der Waals surface area contributed by atoms with Crippen molar-refractivity contribution < 1.29 is 22.7 Å². The average molecular weight is 371 g/mol. The molecular weight excluding hydrogens is 357 g/mol. The molecule has 0 aromatic heterocycles. The first-order valence-corrected chi connectivity index (χ1v) is 7.90. The van der Waals surface area contributed by atoms with Gasteiger partial charge in [-0.1, -0.05) is 24.6 Å². The molecule has 2 aromatic rings. The zero-order valence-corrected chi connectivity index (χ0v) is 13.8. The molecule has 0 fully saturated rings. The van der Waals surface area contributed by atoms with Gasteiger partial charge in [-0.3, -0.25) is 4.79 Å². The first-order valence-electron chi connectivity index (χ1n) is 7.52. The lowest BCUT2D eigenvalue weighted by Gasteiger charge is -2.16. The highest BCUT2D eigenvalue weighted by atomic mass is 35.5. The minimum atomic E-state index is -4.83. The van der Waals surface area contributed by atoms with Gasteiger partial charge in [-0.25, -0.2) is 0 Å². The summed E-state index contributed by atoms with van der Waals surface area (Å²) in [5, 5.41) is 6.14. The molecule has 1 aliphatic heterocycles. The maximum Gasteiger partial charge on any atom is 0.573 e. The third kappa shape index (κ3) is 3.51. The number of nitrogens with one attached hydrogen (secondary N) is 2. The number of alkyl halides is 3. The first kappa shape index (κ1) is 17.4. The summed E-state index contributed by atoms with van der Waals surface area (Å²) in [4.78, 5) is 11.0. The highest BCUT2D eigenvalue weighted by molar-refractivity contribution is 6.33. The topological polar surface area (TPSA) is 50.4 Å². The van der Waals surface area contributed by atoms with Gasteiger partial charge in [-0.05, 0) is 41.8 Å². The Kier molecular flexibility index (Phi) is 4.51. The van der Waals surface area contributed by atoms with Crippen molar-refractivity contribution in [2.45, 2.75) is 25.9 Å². The number of aldehydes is 1. The van der Waals surface area contributed by atoms with E-state index in [1.807, 2.05) is 6.92 Å². The van der Waals surface area contributed by atoms with Crippen LogP contribution in [0.25, 0.3) is 11.1 Å². The van der Waals surface area contributed by atoms with E-state index in [-0.39, 0.29) is 16.3 Å². The van der Waals surface area contributed by atoms with Crippen LogP contribution >= 0.6 is 11.6 Å². The Morgan fingerprint density at radius 3 is 2.68 bits per heavy atom. The molecule has 3 rings (SSSR count). The van der Waals surface area contributed by atoms with Crippen LogP contribution in [0.2, 0.25) is 5.02 Å². The van der Waals surface area contributed by atoms with Gasteiger partial charge in [-0.15, -0.1) is 13.2 Å². The SMILES string of the molecule is CCc1cc(-c2c(Cl)cccc2OC(F)(F)F)cc2c1NC(C=O)N2. The molecule has 1 atom stereocenters. The van der Waals surface area contributed by atoms with E-state index >= 15 is 0 Å². The lowest BCUT2D eigenvalue weighted by atomic mass is 9.98. The predicted molar refractivity (Wildman–Crippen MR) is 90.0 cm³/mol. The summed E-state index contributed by atoms with van der Waals surface area (Å²) in [6, 6.07) is 7.50. The van der Waals surface area contributed by atoms with Crippen LogP contribution in [0.5, 0.6) is 5.75 Å². The number of carbonyl (C=O) groups excluding carboxylic acids is 1. The molecule has 0 saturated heterocycles. The highest BCUT2D eigenvalue weighted by Crippen LogP contribution is 2.43. The molecule has 0 bridgehead atoms. The van der Waals surface area contributed by atoms with Crippen molar-refractivity contribution in [3.8, 4) is 16.9 Å². The molecule has 2 aromatic carbocycles. The molecule has 8 heteroatoms. The number of carbonyl (C=O) groups is 1. The Labute approximate surface area is 146 Å². The van der Waals surface area contributed by atoms with Crippen molar-refractivity contribution in [1.82, 2.24) is 0 Å². The number of hydrogen-bond donors (Lipinski definition) is 2. The van der Waals surface area contributed by atoms with Crippen molar-refractivity contribution in [2.24, 2.45) is 0 Å². The molecule has 1 aliphatic rings. The lowest BCUT2D eigenvalue weighted by molar-refractivity contribution is -0.274. The molecule has 0 amide bonds. The van der Waals surface area contributed by atoms with Crippen LogP contribution in [0.3, 0.4) is 0 Å². The highest BCUT2D eigenvalue weighted by Gasteiger charge is 2.33. The van der Waals surface area contributed by atoms with Crippen molar-refractivity contribution in [2.75, 3.05) is 10.6 Å². The number of halogens is 4. The second-order valence-electron chi connectivity index (χ2n) is 5.47. The van der Waals surface area contributed by atoms with Gasteiger partial charge in [0.25, 0.3) is 0 Å². The van der Waals surface area contributed by atoms with Gasteiger partial charge in [0.05, 0.1) is 16.4 Å². The number of anilines is 2. The van der Waals surface area contributed by atoms with E-state index in [1.165, 1.54) is 18.2 Å². The Hall–Kier alpha value is -2.41. The van der Waals surface area contributed by atoms with Crippen molar-refractivity contribution in [3.63, 3.8) is 0 Å². The van der Waals surface area contributed by atoms with Crippen LogP contribution in [0.1, 0.15) is 12.5 Å². The third-order valence-corrected chi connectivity index (χ3v) is 4.15. The summed E-state index contributed by atoms with van der Waals surface area (Å²) in [5.41, 5.74) is 2.86. The van der Waals surface area contributed by atoms with Gasteiger partial charge in [0.1, 0.15) is 5.75 Å². The number of ether oxygens (including phenoxy) is 1. The summed E-state index contributed by atoms with van der Waals surface area (Å²) >= 11 is 6.16. The summed E-state index contributed by atoms with van der Waals surface area (Å²) in [5.74, 6) is -0.375. The van der Waals surface area contributed by atoms with Gasteiger partial charge in [0.2, 0.25) is 0 Å². The predicted octanol–water partition coefficient (Wildman–Crippen LogP) is 4.83. The van der Waals surface area contributed by atoms with Gasteiger partial charge in [0, 0.05) is 5.56 Å². The summed E-state index contributed by atoms with van der Waals surface area (Å²) in [7, 11) is 0. The normalized spacial score (nSPS) is 16.0. The van der Waals surface area contributed by atoms with Crippen molar-refractivity contribution in [3.05, 3.63) is 40.9 Å². The van der Waals surface area contributed by atoms with Crippen LogP contribution in [-0.2, 0) is 11.2 Å². The number of fused-ring (bicyclic) bond motifs is 1. The van der Waals surface area contributed by atoms with Crippen LogP contribution in [0, 0.1) is 0 Å². The quantitative estimate of drug-likeness (QED) is 0.757. The van der Waals surface area contributed by atoms with Crippen molar-refractivity contribution >= 4 is 29.3 Å². The molecule has 2 N–H and O–H groups in total. The minimum absolute atomic E-state index is 0.140. The van der Waals surface area contributed by atoms with E-state index in [4.69, 9.17) is 11.6 Å². The minimum Gasteiger partial charge on any atom is -0.405 e. The molecule has 25 heavy (non-hydrogen) atoms. The number of aryl methyl sites for hydroxylation is 1. The second kappa shape index (κ2) is 6.48. The van der Waals surface area contributed by atoms with Crippen LogP contribution in [0.15, 0.2) is 30.3 Å². The first-order chi connectivity index (χ1) is 11.8. The Bertz CT molecular complexity index is 824. The van der Waals surface area contributed by atoms with E-state index in [1.54, 1.807) is 12.1 Å². The van der Waals surface area contributed by atoms with Crippen LogP contribution in [0.4, 0.5) is 24.5 Å². The molecule has 0 spiro atoms. The Balaban J connectivity index is 2.14. The van der Waals surface area contributed by atoms with E-state index in [9.17, 15) is 18.0 Å². The fourth-order valence-electron chi connectivity index (χ4n) is 2.83. The van der Waals surface area contributed by atoms with Gasteiger partial charge in [-0.2, -0.15) is 0 Å². The maximum atomic E-state index is 12.7. The number of benzene rings is 2. The van der Waals surface area contributed by atoms with Gasteiger partial charge in [0.15, 0.2) is 12.5 Å². The molecule has 0 radical (unpaired) electrons. The Morgan fingerprint density at radius 1 is 1.28 bits per heavy atom. The fourth-order valence-corrected chi connectivity index (χ4v) is 3.11. The summed E-state index contributed by atoms with van der Waals surface area (Å²) in [6.07, 6.45) is -4.07. The molecule has 1 unspecified atom stereocenters. The molecule has 132 valence electrons. The average Bonchev–Trinajstić information content (AvgIpc) is 2.95. The van der Waals surface area contributed by atoms with Crippen LogP contribution < -0.4 is 15.4 Å². The second-order valence-corrected chi connectivity index (χ2v) is 5.88. The summed E-state index contributed by atoms with van der Waals surface area (Å²) in [6.45, 7) is 1.91. The molecule has 0 saturated carbocycles. The Morgan fingerprint density at radius 2 is 2.04 bits per heavy atom. The molecule has 0 aliphatic carbocycles. The third-order valence-electron chi connectivity index (χ3n) is 3.84. The maximum absolute atomic E-state index is 12.7. The largest absolute Gasteiger partial charge is 0.573 e.